The third kappa shape index (κ3) is 7.34. The molecule has 0 unspecified atom stereocenters. The number of rotatable bonds is 6. The second-order valence-electron chi connectivity index (χ2n) is 13.1. The summed E-state index contributed by atoms with van der Waals surface area (Å²) >= 11 is 7.74. The van der Waals surface area contributed by atoms with Crippen LogP contribution >= 0.6 is 23.7 Å². The van der Waals surface area contributed by atoms with Crippen LogP contribution in [0.2, 0.25) is 5.02 Å². The SMILES string of the molecule is COCCOCCN1SNC(=O)c2ccc3c(c2)N(C[C@@H]2CC[C@H]2[C@@H](O)/C=C\C[C@@H]1C)C[C@@]1(CCCc2cc(Cl)ccc21)CO3. The summed E-state index contributed by atoms with van der Waals surface area (Å²) in [6.45, 7) is 6.53. The van der Waals surface area contributed by atoms with Crippen LogP contribution in [0.25, 0.3) is 0 Å². The molecule has 2 aromatic carbocycles. The van der Waals surface area contributed by atoms with Crippen molar-refractivity contribution >= 4 is 35.3 Å². The Kier molecular flexibility index (Phi) is 10.6. The molecule has 8 nitrogen and oxygen atoms in total. The zero-order valence-electron chi connectivity index (χ0n) is 26.4. The highest BCUT2D eigenvalue weighted by molar-refractivity contribution is 7.95. The molecule has 0 saturated heterocycles. The second kappa shape index (κ2) is 14.7. The van der Waals surface area contributed by atoms with Crippen LogP contribution in [0.5, 0.6) is 5.75 Å². The van der Waals surface area contributed by atoms with Gasteiger partial charge in [-0.3, -0.25) is 9.52 Å². The molecule has 1 saturated carbocycles. The number of aliphatic hydroxyl groups is 1. The summed E-state index contributed by atoms with van der Waals surface area (Å²) in [5, 5.41) is 12.1. The average molecular weight is 656 g/mol. The molecule has 2 N–H and O–H groups in total. The molecule has 45 heavy (non-hydrogen) atoms. The number of benzene rings is 2. The lowest BCUT2D eigenvalue weighted by atomic mass is 9.68. The van der Waals surface area contributed by atoms with E-state index in [2.05, 4.69) is 39.1 Å². The van der Waals surface area contributed by atoms with Crippen LogP contribution in [0.4, 0.5) is 5.69 Å². The molecule has 244 valence electrons. The molecule has 2 heterocycles. The molecule has 10 heteroatoms. The van der Waals surface area contributed by atoms with Gasteiger partial charge in [0.15, 0.2) is 0 Å². The highest BCUT2D eigenvalue weighted by Gasteiger charge is 2.44. The van der Waals surface area contributed by atoms with Gasteiger partial charge in [-0.05, 0) is 98.7 Å². The number of nitrogens with zero attached hydrogens (tertiary/aromatic N) is 2. The molecule has 4 aliphatic rings. The minimum atomic E-state index is -0.484. The predicted molar refractivity (Wildman–Crippen MR) is 180 cm³/mol. The number of anilines is 1. The van der Waals surface area contributed by atoms with Gasteiger partial charge in [-0.15, -0.1) is 0 Å². The van der Waals surface area contributed by atoms with E-state index in [1.54, 1.807) is 7.11 Å². The van der Waals surface area contributed by atoms with Gasteiger partial charge in [-0.25, -0.2) is 4.31 Å². The largest absolute Gasteiger partial charge is 0.490 e. The topological polar surface area (TPSA) is 83.5 Å². The van der Waals surface area contributed by atoms with Crippen molar-refractivity contribution in [3.63, 3.8) is 0 Å². The van der Waals surface area contributed by atoms with Crippen LogP contribution in [0, 0.1) is 11.8 Å². The molecule has 2 aromatic rings. The van der Waals surface area contributed by atoms with E-state index < -0.39 is 6.10 Å². The van der Waals surface area contributed by atoms with Crippen LogP contribution < -0.4 is 14.4 Å². The summed E-state index contributed by atoms with van der Waals surface area (Å²) in [7, 11) is 1.66. The number of hydrogen-bond acceptors (Lipinski definition) is 8. The number of carbonyl (C=O) groups is 1. The Bertz CT molecular complexity index is 1380. The third-order valence-corrected chi connectivity index (χ3v) is 11.4. The van der Waals surface area contributed by atoms with E-state index in [0.29, 0.717) is 44.5 Å². The smallest absolute Gasteiger partial charge is 0.262 e. The number of halogens is 1. The molecule has 2 aliphatic carbocycles. The first-order valence-electron chi connectivity index (χ1n) is 16.3. The Morgan fingerprint density at radius 2 is 2.07 bits per heavy atom. The van der Waals surface area contributed by atoms with Crippen molar-refractivity contribution in [2.45, 2.75) is 63.0 Å². The number of carbonyl (C=O) groups excluding carboxylic acids is 1. The van der Waals surface area contributed by atoms with Crippen LogP contribution in [0.3, 0.4) is 0 Å². The normalized spacial score (nSPS) is 29.5. The van der Waals surface area contributed by atoms with E-state index in [1.165, 1.54) is 23.3 Å². The molecule has 1 spiro atoms. The van der Waals surface area contributed by atoms with Crippen molar-refractivity contribution in [3.8, 4) is 5.75 Å². The van der Waals surface area contributed by atoms with Gasteiger partial charge < -0.3 is 24.2 Å². The Morgan fingerprint density at radius 3 is 2.89 bits per heavy atom. The van der Waals surface area contributed by atoms with Crippen molar-refractivity contribution in [3.05, 3.63) is 70.3 Å². The number of hydrogen-bond donors (Lipinski definition) is 2. The minimum Gasteiger partial charge on any atom is -0.490 e. The number of aryl methyl sites for hydroxylation is 1. The van der Waals surface area contributed by atoms with Crippen LogP contribution in [-0.4, -0.2) is 80.6 Å². The predicted octanol–water partition coefficient (Wildman–Crippen LogP) is 5.81. The third-order valence-electron chi connectivity index (χ3n) is 10.1. The molecule has 1 fully saturated rings. The number of nitrogens with one attached hydrogen (secondary N) is 1. The first-order chi connectivity index (χ1) is 21.9. The van der Waals surface area contributed by atoms with Crippen molar-refractivity contribution < 1.29 is 24.1 Å². The van der Waals surface area contributed by atoms with Crippen LogP contribution in [-0.2, 0) is 21.3 Å². The molecule has 6 rings (SSSR count). The molecule has 2 bridgehead atoms. The lowest BCUT2D eigenvalue weighted by molar-refractivity contribution is 0.0455. The number of ether oxygens (including phenoxy) is 3. The minimum absolute atomic E-state index is 0.121. The van der Waals surface area contributed by atoms with Gasteiger partial charge in [0, 0.05) is 60.9 Å². The Hall–Kier alpha value is -2.27. The molecule has 1 amide bonds. The van der Waals surface area contributed by atoms with Gasteiger partial charge in [0.05, 0.1) is 38.2 Å². The van der Waals surface area contributed by atoms with Crippen LogP contribution in [0.15, 0.2) is 48.6 Å². The highest BCUT2D eigenvalue weighted by atomic mass is 35.5. The van der Waals surface area contributed by atoms with Gasteiger partial charge in [-0.2, -0.15) is 0 Å². The highest BCUT2D eigenvalue weighted by Crippen LogP contribution is 2.46. The first-order valence-corrected chi connectivity index (χ1v) is 17.5. The van der Waals surface area contributed by atoms with Crippen molar-refractivity contribution in [2.24, 2.45) is 11.8 Å². The summed E-state index contributed by atoms with van der Waals surface area (Å²) in [6, 6.07) is 12.2. The Morgan fingerprint density at radius 1 is 1.18 bits per heavy atom. The number of amides is 1. The Labute approximate surface area is 276 Å². The van der Waals surface area contributed by atoms with E-state index in [4.69, 9.17) is 25.8 Å². The van der Waals surface area contributed by atoms with E-state index in [9.17, 15) is 9.90 Å². The van der Waals surface area contributed by atoms with Crippen molar-refractivity contribution in [1.29, 1.82) is 0 Å². The van der Waals surface area contributed by atoms with Crippen molar-refractivity contribution in [2.75, 3.05) is 58.1 Å². The monoisotopic (exact) mass is 655 g/mol. The standard InChI is InChI=1S/C35H46ClN3O5S/c1-24-5-3-7-32(40)29-11-8-27(29)21-38-22-35(14-4-6-25-19-28(36)10-12-30(25)35)23-44-33-13-9-26(20-31(33)38)34(41)37-45-39(24)15-16-43-18-17-42-2/h3,7,9-10,12-13,19-20,24,27,29,32,40H,4-6,8,11,14-18,21-23H2,1-2H3,(H,37,41)/b7-3-/t24-,27-,29+,32-,35-/m0/s1. The van der Waals surface area contributed by atoms with Gasteiger partial charge in [-0.1, -0.05) is 29.8 Å². The summed E-state index contributed by atoms with van der Waals surface area (Å²) in [5.41, 5.74) is 3.99. The van der Waals surface area contributed by atoms with Gasteiger partial charge in [0.25, 0.3) is 5.91 Å². The molecule has 5 atom stereocenters. The number of methoxy groups -OCH3 is 1. The zero-order chi connectivity index (χ0) is 31.4. The van der Waals surface area contributed by atoms with Crippen molar-refractivity contribution in [1.82, 2.24) is 9.03 Å². The molecule has 2 aliphatic heterocycles. The second-order valence-corrected chi connectivity index (χ2v) is 14.4. The lowest BCUT2D eigenvalue weighted by Gasteiger charge is -2.45. The summed E-state index contributed by atoms with van der Waals surface area (Å²) < 4.78 is 22.7. The average Bonchev–Trinajstić information content (AvgIpc) is 3.16. The summed E-state index contributed by atoms with van der Waals surface area (Å²) in [4.78, 5) is 16.0. The maximum atomic E-state index is 13.6. The summed E-state index contributed by atoms with van der Waals surface area (Å²) in [5.74, 6) is 1.21. The fourth-order valence-electron chi connectivity index (χ4n) is 7.40. The van der Waals surface area contributed by atoms with Gasteiger partial charge in [0.2, 0.25) is 0 Å². The quantitative estimate of drug-likeness (QED) is 0.229. The van der Waals surface area contributed by atoms with Gasteiger partial charge >= 0.3 is 0 Å². The maximum absolute atomic E-state index is 13.6. The summed E-state index contributed by atoms with van der Waals surface area (Å²) in [6.07, 6.45) is 9.56. The van der Waals surface area contributed by atoms with E-state index in [1.807, 2.05) is 30.3 Å². The molecule has 0 radical (unpaired) electrons. The van der Waals surface area contributed by atoms with E-state index in [0.717, 1.165) is 68.1 Å². The number of fused-ring (bicyclic) bond motifs is 4. The number of aliphatic hydroxyl groups excluding tert-OH is 1. The first kappa shape index (κ1) is 32.7. The van der Waals surface area contributed by atoms with Crippen LogP contribution in [0.1, 0.15) is 60.5 Å². The lowest BCUT2D eigenvalue weighted by Crippen LogP contribution is -2.49. The molecule has 0 aromatic heterocycles. The maximum Gasteiger partial charge on any atom is 0.262 e. The fraction of sp³-hybridized carbons (Fsp3) is 0.571. The zero-order valence-corrected chi connectivity index (χ0v) is 28.0. The Balaban J connectivity index is 1.30. The molecular formula is C35H46ClN3O5S. The fourth-order valence-corrected chi connectivity index (χ4v) is 8.34. The van der Waals surface area contributed by atoms with E-state index in [-0.39, 0.29) is 23.3 Å². The molecular weight excluding hydrogens is 610 g/mol. The van der Waals surface area contributed by atoms with E-state index >= 15 is 0 Å². The van der Waals surface area contributed by atoms with Gasteiger partial charge in [0.1, 0.15) is 5.75 Å².